The molecule has 1 N–H and O–H groups in total. The molecule has 6 rings (SSSR count). The first-order chi connectivity index (χ1) is 16.1. The third kappa shape index (κ3) is 3.77. The smallest absolute Gasteiger partial charge is 0.238 e. The molecule has 3 aromatic heterocycles. The number of rotatable bonds is 5. The van der Waals surface area contributed by atoms with E-state index in [4.69, 9.17) is 19.6 Å². The summed E-state index contributed by atoms with van der Waals surface area (Å²) in [6.07, 6.45) is 6.00. The lowest BCUT2D eigenvalue weighted by Gasteiger charge is -2.30. The number of amidine groups is 1. The predicted octanol–water partition coefficient (Wildman–Crippen LogP) is 4.30. The number of imidazole rings is 1. The number of ether oxygens (including phenoxy) is 1. The highest BCUT2D eigenvalue weighted by Crippen LogP contribution is 2.43. The number of aromatic nitrogens is 4. The van der Waals surface area contributed by atoms with Crippen LogP contribution >= 0.6 is 11.3 Å². The van der Waals surface area contributed by atoms with Crippen molar-refractivity contribution in [2.45, 2.75) is 38.8 Å². The molecule has 1 aromatic carbocycles. The number of methoxy groups -OCH3 is 1. The van der Waals surface area contributed by atoms with Crippen LogP contribution in [0.3, 0.4) is 0 Å². The lowest BCUT2D eigenvalue weighted by molar-refractivity contribution is -0.0292. The number of pyridine rings is 1. The Morgan fingerprint density at radius 1 is 1.15 bits per heavy atom. The minimum atomic E-state index is -0.121. The van der Waals surface area contributed by atoms with Crippen LogP contribution in [-0.2, 0) is 4.84 Å². The van der Waals surface area contributed by atoms with Crippen LogP contribution in [0.1, 0.15) is 40.8 Å². The number of hydrogen-bond donors (Lipinski definition) is 1. The Bertz CT molecular complexity index is 1370. The Morgan fingerprint density at radius 2 is 2.03 bits per heavy atom. The molecule has 0 bridgehead atoms. The normalized spacial score (nSPS) is 20.5. The summed E-state index contributed by atoms with van der Waals surface area (Å²) in [5.74, 6) is 1.60. The summed E-state index contributed by atoms with van der Waals surface area (Å²) in [6, 6.07) is 10.2. The fourth-order valence-corrected chi connectivity index (χ4v) is 5.10. The number of hydroxylamine groups is 1. The fraction of sp³-hybridized carbons (Fsp3) is 0.333. The monoisotopic (exact) mass is 460 g/mol. The third-order valence-electron chi connectivity index (χ3n) is 6.08. The van der Waals surface area contributed by atoms with Crippen molar-refractivity contribution in [1.82, 2.24) is 25.0 Å². The maximum Gasteiger partial charge on any atom is 0.238 e. The van der Waals surface area contributed by atoms with E-state index in [1.807, 2.05) is 36.7 Å². The van der Waals surface area contributed by atoms with Crippen molar-refractivity contribution >= 4 is 27.4 Å². The molecule has 168 valence electrons. The zero-order chi connectivity index (χ0) is 22.5. The number of aliphatic imine (C=N–C) groups is 1. The molecule has 1 aliphatic carbocycles. The van der Waals surface area contributed by atoms with Crippen molar-refractivity contribution in [1.29, 1.82) is 0 Å². The van der Waals surface area contributed by atoms with E-state index in [2.05, 4.69) is 33.6 Å². The van der Waals surface area contributed by atoms with E-state index in [-0.39, 0.29) is 12.1 Å². The highest BCUT2D eigenvalue weighted by atomic mass is 32.1. The van der Waals surface area contributed by atoms with E-state index >= 15 is 0 Å². The number of benzene rings is 1. The number of nitrogens with zero attached hydrogens (tertiary/aromatic N) is 5. The average Bonchev–Trinajstić information content (AvgIpc) is 3.48. The number of nitrogens with one attached hydrogen (secondary N) is 1. The summed E-state index contributed by atoms with van der Waals surface area (Å²) in [5.41, 5.74) is 7.59. The second-order valence-corrected chi connectivity index (χ2v) is 9.79. The largest absolute Gasteiger partial charge is 0.479 e. The van der Waals surface area contributed by atoms with Crippen molar-refractivity contribution in [3.05, 3.63) is 64.8 Å². The van der Waals surface area contributed by atoms with E-state index in [1.54, 1.807) is 24.8 Å². The van der Waals surface area contributed by atoms with Crippen molar-refractivity contribution in [3.8, 4) is 11.6 Å². The number of hydrogen-bond acceptors (Lipinski definition) is 8. The van der Waals surface area contributed by atoms with E-state index < -0.39 is 0 Å². The van der Waals surface area contributed by atoms with Crippen LogP contribution in [0.4, 0.5) is 0 Å². The summed E-state index contributed by atoms with van der Waals surface area (Å²) >= 11 is 1.71. The fourth-order valence-electron chi connectivity index (χ4n) is 4.30. The van der Waals surface area contributed by atoms with E-state index in [1.165, 1.54) is 4.70 Å². The first kappa shape index (κ1) is 20.3. The SMILES string of the molecule is COc1nc(C2=N[C@@H](c3ccc4sc(C)nc4c3)[C@@H](C3CC3)ON2)ccc1-n1cnc(C)c1. The summed E-state index contributed by atoms with van der Waals surface area (Å²) in [4.78, 5) is 24.9. The van der Waals surface area contributed by atoms with E-state index in [9.17, 15) is 0 Å². The van der Waals surface area contributed by atoms with Gasteiger partial charge in [0, 0.05) is 6.20 Å². The van der Waals surface area contributed by atoms with Gasteiger partial charge in [-0.25, -0.2) is 20.4 Å². The molecule has 8 nitrogen and oxygen atoms in total. The van der Waals surface area contributed by atoms with Gasteiger partial charge in [-0.3, -0.25) is 9.83 Å². The molecule has 33 heavy (non-hydrogen) atoms. The number of aryl methyl sites for hydroxylation is 2. The zero-order valence-electron chi connectivity index (χ0n) is 18.6. The minimum absolute atomic E-state index is 0.0129. The van der Waals surface area contributed by atoms with Crippen LogP contribution in [0, 0.1) is 19.8 Å². The van der Waals surface area contributed by atoms with Gasteiger partial charge in [0.2, 0.25) is 5.88 Å². The molecule has 0 radical (unpaired) electrons. The first-order valence-electron chi connectivity index (χ1n) is 11.0. The lowest BCUT2D eigenvalue weighted by atomic mass is 9.97. The maximum absolute atomic E-state index is 6.15. The minimum Gasteiger partial charge on any atom is -0.479 e. The van der Waals surface area contributed by atoms with Crippen LogP contribution in [0.15, 0.2) is 47.8 Å². The first-order valence-corrected chi connectivity index (χ1v) is 11.8. The highest BCUT2D eigenvalue weighted by molar-refractivity contribution is 7.18. The quantitative estimate of drug-likeness (QED) is 0.478. The van der Waals surface area contributed by atoms with Gasteiger partial charge in [0.05, 0.1) is 34.4 Å². The second-order valence-electron chi connectivity index (χ2n) is 8.55. The average molecular weight is 461 g/mol. The Morgan fingerprint density at radius 3 is 2.79 bits per heavy atom. The molecule has 2 aliphatic rings. The lowest BCUT2D eigenvalue weighted by Crippen LogP contribution is -2.40. The van der Waals surface area contributed by atoms with Gasteiger partial charge in [0.1, 0.15) is 23.5 Å². The molecule has 4 aromatic rings. The molecule has 0 saturated heterocycles. The summed E-state index contributed by atoms with van der Waals surface area (Å²) in [7, 11) is 1.61. The van der Waals surface area contributed by atoms with Gasteiger partial charge in [-0.2, -0.15) is 0 Å². The summed E-state index contributed by atoms with van der Waals surface area (Å²) < 4.78 is 8.67. The topological polar surface area (TPSA) is 86.5 Å². The second kappa shape index (κ2) is 7.93. The molecule has 2 atom stereocenters. The van der Waals surface area contributed by atoms with Crippen LogP contribution in [0.5, 0.6) is 5.88 Å². The van der Waals surface area contributed by atoms with Crippen molar-refractivity contribution in [3.63, 3.8) is 0 Å². The highest BCUT2D eigenvalue weighted by Gasteiger charge is 2.41. The van der Waals surface area contributed by atoms with Gasteiger partial charge in [0.25, 0.3) is 0 Å². The van der Waals surface area contributed by atoms with Crippen molar-refractivity contribution in [2.75, 3.05) is 7.11 Å². The van der Waals surface area contributed by atoms with Crippen LogP contribution in [-0.4, -0.2) is 38.6 Å². The molecule has 1 aliphatic heterocycles. The van der Waals surface area contributed by atoms with E-state index in [0.29, 0.717) is 23.3 Å². The third-order valence-corrected chi connectivity index (χ3v) is 7.04. The van der Waals surface area contributed by atoms with Gasteiger partial charge in [-0.1, -0.05) is 6.07 Å². The molecule has 1 saturated carbocycles. The Kier molecular flexibility index (Phi) is 4.88. The van der Waals surface area contributed by atoms with Gasteiger partial charge >= 0.3 is 0 Å². The standard InChI is InChI=1S/C24H24N6O2S/c1-13-11-30(12-25-13)19-8-7-17(27-24(19)31-3)23-28-21(22(32-29-23)15-4-5-15)16-6-9-20-18(10-16)26-14(2)33-20/h6-12,15,21-22H,4-5H2,1-3H3,(H,28,29)/t21-,22+/m0/s1. The van der Waals surface area contributed by atoms with Gasteiger partial charge in [-0.05, 0) is 62.4 Å². The number of fused-ring (bicyclic) bond motifs is 1. The Balaban J connectivity index is 1.39. The predicted molar refractivity (Wildman–Crippen MR) is 127 cm³/mol. The molecule has 1 fully saturated rings. The van der Waals surface area contributed by atoms with Crippen LogP contribution < -0.4 is 10.2 Å². The molecule has 0 amide bonds. The summed E-state index contributed by atoms with van der Waals surface area (Å²) in [6.45, 7) is 3.98. The van der Waals surface area contributed by atoms with Crippen molar-refractivity contribution in [2.24, 2.45) is 10.9 Å². The van der Waals surface area contributed by atoms with Crippen molar-refractivity contribution < 1.29 is 9.57 Å². The van der Waals surface area contributed by atoms with Crippen LogP contribution in [0.2, 0.25) is 0 Å². The molecular formula is C24H24N6O2S. The van der Waals surface area contributed by atoms with E-state index in [0.717, 1.165) is 40.3 Å². The Hall–Kier alpha value is -3.30. The molecule has 4 heterocycles. The zero-order valence-corrected chi connectivity index (χ0v) is 19.5. The molecular weight excluding hydrogens is 436 g/mol. The van der Waals surface area contributed by atoms with Crippen LogP contribution in [0.25, 0.3) is 15.9 Å². The molecule has 9 heteroatoms. The van der Waals surface area contributed by atoms with Gasteiger partial charge in [-0.15, -0.1) is 11.3 Å². The molecule has 0 spiro atoms. The maximum atomic E-state index is 6.15. The Labute approximate surface area is 195 Å². The summed E-state index contributed by atoms with van der Waals surface area (Å²) in [5, 5.41) is 1.07. The number of thiazole rings is 1. The van der Waals surface area contributed by atoms with Gasteiger partial charge in [0.15, 0.2) is 5.84 Å². The van der Waals surface area contributed by atoms with Gasteiger partial charge < -0.3 is 9.30 Å². The molecule has 0 unspecified atom stereocenters.